The molecule has 0 aliphatic carbocycles. The lowest BCUT2D eigenvalue weighted by Gasteiger charge is -2.06. The monoisotopic (exact) mass is 167 g/mol. The molecule has 0 amide bonds. The van der Waals surface area contributed by atoms with Gasteiger partial charge in [0.25, 0.3) is 0 Å². The Hall–Kier alpha value is -0.890. The van der Waals surface area contributed by atoms with Crippen LogP contribution < -0.4 is 5.32 Å². The van der Waals surface area contributed by atoms with Crippen molar-refractivity contribution in [2.24, 2.45) is 0 Å². The molecule has 1 aromatic rings. The highest BCUT2D eigenvalue weighted by Crippen LogP contribution is 2.11. The first-order valence-electron chi connectivity index (χ1n) is 4.20. The molecule has 0 heterocycles. The zero-order chi connectivity index (χ0) is 8.97. The van der Waals surface area contributed by atoms with Crippen molar-refractivity contribution in [2.45, 2.75) is 20.4 Å². The number of hydrogen-bond donors (Lipinski definition) is 1. The van der Waals surface area contributed by atoms with Crippen LogP contribution in [0, 0.1) is 12.7 Å². The van der Waals surface area contributed by atoms with E-state index in [1.807, 2.05) is 19.9 Å². The summed E-state index contributed by atoms with van der Waals surface area (Å²) in [4.78, 5) is 0. The predicted octanol–water partition coefficient (Wildman–Crippen LogP) is 2.24. The first kappa shape index (κ1) is 9.20. The van der Waals surface area contributed by atoms with Gasteiger partial charge in [0.2, 0.25) is 0 Å². The molecule has 1 N–H and O–H groups in total. The maximum Gasteiger partial charge on any atom is 0.126 e. The van der Waals surface area contributed by atoms with Crippen LogP contribution in [-0.4, -0.2) is 6.54 Å². The first-order chi connectivity index (χ1) is 5.75. The molecule has 0 aromatic heterocycles. The van der Waals surface area contributed by atoms with Crippen molar-refractivity contribution in [3.8, 4) is 0 Å². The van der Waals surface area contributed by atoms with E-state index in [2.05, 4.69) is 5.32 Å². The van der Waals surface area contributed by atoms with Gasteiger partial charge in [0.05, 0.1) is 0 Å². The van der Waals surface area contributed by atoms with E-state index in [9.17, 15) is 4.39 Å². The van der Waals surface area contributed by atoms with Crippen LogP contribution in [0.15, 0.2) is 18.2 Å². The number of rotatable bonds is 3. The van der Waals surface area contributed by atoms with E-state index < -0.39 is 0 Å². The zero-order valence-corrected chi connectivity index (χ0v) is 7.52. The van der Waals surface area contributed by atoms with Crippen LogP contribution in [0.5, 0.6) is 0 Å². The van der Waals surface area contributed by atoms with E-state index in [0.717, 1.165) is 24.2 Å². The van der Waals surface area contributed by atoms with Gasteiger partial charge in [0.1, 0.15) is 5.82 Å². The van der Waals surface area contributed by atoms with Gasteiger partial charge >= 0.3 is 0 Å². The fourth-order valence-corrected chi connectivity index (χ4v) is 1.10. The van der Waals surface area contributed by atoms with Gasteiger partial charge in [-0.15, -0.1) is 0 Å². The fraction of sp³-hybridized carbons (Fsp3) is 0.400. The summed E-state index contributed by atoms with van der Waals surface area (Å²) in [5.74, 6) is -0.120. The predicted molar refractivity (Wildman–Crippen MR) is 48.5 cm³/mol. The SMILES string of the molecule is CCNCc1cccc(F)c1C. The van der Waals surface area contributed by atoms with Gasteiger partial charge in [0.15, 0.2) is 0 Å². The Labute approximate surface area is 72.6 Å². The van der Waals surface area contributed by atoms with Crippen LogP contribution in [0.25, 0.3) is 0 Å². The van der Waals surface area contributed by atoms with Gasteiger partial charge < -0.3 is 5.32 Å². The van der Waals surface area contributed by atoms with Crippen molar-refractivity contribution in [3.63, 3.8) is 0 Å². The summed E-state index contributed by atoms with van der Waals surface area (Å²) < 4.78 is 13.0. The van der Waals surface area contributed by atoms with E-state index >= 15 is 0 Å². The molecule has 0 spiro atoms. The minimum absolute atomic E-state index is 0.120. The van der Waals surface area contributed by atoms with Gasteiger partial charge in [-0.1, -0.05) is 19.1 Å². The molecule has 1 rings (SSSR count). The molecule has 0 aliphatic heterocycles. The summed E-state index contributed by atoms with van der Waals surface area (Å²) in [6, 6.07) is 5.18. The standard InChI is InChI=1S/C10H14FN/c1-3-12-7-9-5-4-6-10(11)8(9)2/h4-6,12H,3,7H2,1-2H3. The molecule has 12 heavy (non-hydrogen) atoms. The smallest absolute Gasteiger partial charge is 0.126 e. The Balaban J connectivity index is 2.78. The molecule has 66 valence electrons. The molecule has 2 heteroatoms. The lowest BCUT2D eigenvalue weighted by molar-refractivity contribution is 0.611. The lowest BCUT2D eigenvalue weighted by Crippen LogP contribution is -2.12. The molecule has 0 fully saturated rings. The minimum Gasteiger partial charge on any atom is -0.313 e. The molecule has 0 aliphatic rings. The molecular weight excluding hydrogens is 153 g/mol. The summed E-state index contributed by atoms with van der Waals surface area (Å²) in [6.45, 7) is 5.51. The fourth-order valence-electron chi connectivity index (χ4n) is 1.10. The van der Waals surface area contributed by atoms with Gasteiger partial charge in [0, 0.05) is 6.54 Å². The molecule has 0 atom stereocenters. The van der Waals surface area contributed by atoms with Crippen molar-refractivity contribution in [2.75, 3.05) is 6.54 Å². The van der Waals surface area contributed by atoms with Crippen LogP contribution in [0.2, 0.25) is 0 Å². The second kappa shape index (κ2) is 4.21. The third-order valence-electron chi connectivity index (χ3n) is 1.95. The second-order valence-electron chi connectivity index (χ2n) is 2.80. The molecule has 0 bridgehead atoms. The number of benzene rings is 1. The first-order valence-corrected chi connectivity index (χ1v) is 4.20. The van der Waals surface area contributed by atoms with Crippen molar-refractivity contribution in [1.29, 1.82) is 0 Å². The highest BCUT2D eigenvalue weighted by Gasteiger charge is 2.01. The van der Waals surface area contributed by atoms with E-state index in [1.165, 1.54) is 6.07 Å². The summed E-state index contributed by atoms with van der Waals surface area (Å²) in [7, 11) is 0. The normalized spacial score (nSPS) is 10.2. The second-order valence-corrected chi connectivity index (χ2v) is 2.80. The van der Waals surface area contributed by atoms with Crippen molar-refractivity contribution in [3.05, 3.63) is 35.1 Å². The average Bonchev–Trinajstić information content (AvgIpc) is 2.08. The van der Waals surface area contributed by atoms with Crippen LogP contribution >= 0.6 is 0 Å². The molecule has 0 saturated heterocycles. The third-order valence-corrected chi connectivity index (χ3v) is 1.95. The lowest BCUT2D eigenvalue weighted by atomic mass is 10.1. The van der Waals surface area contributed by atoms with Crippen molar-refractivity contribution in [1.82, 2.24) is 5.32 Å². The number of hydrogen-bond acceptors (Lipinski definition) is 1. The van der Waals surface area contributed by atoms with Crippen LogP contribution in [0.4, 0.5) is 4.39 Å². The van der Waals surface area contributed by atoms with Crippen LogP contribution in [0.3, 0.4) is 0 Å². The maximum atomic E-state index is 13.0. The number of halogens is 1. The Morgan fingerprint density at radius 1 is 1.42 bits per heavy atom. The Morgan fingerprint density at radius 2 is 2.17 bits per heavy atom. The minimum atomic E-state index is -0.120. The Kier molecular flexibility index (Phi) is 3.23. The quantitative estimate of drug-likeness (QED) is 0.728. The highest BCUT2D eigenvalue weighted by molar-refractivity contribution is 5.26. The zero-order valence-electron chi connectivity index (χ0n) is 7.52. The molecule has 1 aromatic carbocycles. The van der Waals surface area contributed by atoms with Gasteiger partial charge in [-0.3, -0.25) is 0 Å². The molecule has 0 saturated carbocycles. The Bertz CT molecular complexity index is 258. The van der Waals surface area contributed by atoms with E-state index in [-0.39, 0.29) is 5.82 Å². The summed E-state index contributed by atoms with van der Waals surface area (Å²) in [6.07, 6.45) is 0. The highest BCUT2D eigenvalue weighted by atomic mass is 19.1. The maximum absolute atomic E-state index is 13.0. The van der Waals surface area contributed by atoms with E-state index in [4.69, 9.17) is 0 Å². The third kappa shape index (κ3) is 2.05. The largest absolute Gasteiger partial charge is 0.313 e. The summed E-state index contributed by atoms with van der Waals surface area (Å²) in [5.41, 5.74) is 1.79. The summed E-state index contributed by atoms with van der Waals surface area (Å²) in [5, 5.41) is 3.17. The van der Waals surface area contributed by atoms with E-state index in [0.29, 0.717) is 0 Å². The van der Waals surface area contributed by atoms with Gasteiger partial charge in [-0.2, -0.15) is 0 Å². The molecule has 1 nitrogen and oxygen atoms in total. The Morgan fingerprint density at radius 3 is 2.83 bits per heavy atom. The van der Waals surface area contributed by atoms with E-state index in [1.54, 1.807) is 6.07 Å². The average molecular weight is 167 g/mol. The van der Waals surface area contributed by atoms with Crippen LogP contribution in [-0.2, 0) is 6.54 Å². The molecule has 0 unspecified atom stereocenters. The van der Waals surface area contributed by atoms with Gasteiger partial charge in [-0.25, -0.2) is 4.39 Å². The van der Waals surface area contributed by atoms with Crippen molar-refractivity contribution < 1.29 is 4.39 Å². The molecular formula is C10H14FN. The number of nitrogens with one attached hydrogen (secondary N) is 1. The van der Waals surface area contributed by atoms with Crippen LogP contribution in [0.1, 0.15) is 18.1 Å². The topological polar surface area (TPSA) is 12.0 Å². The summed E-state index contributed by atoms with van der Waals surface area (Å²) >= 11 is 0. The molecule has 0 radical (unpaired) electrons. The van der Waals surface area contributed by atoms with Crippen molar-refractivity contribution >= 4 is 0 Å². The van der Waals surface area contributed by atoms with Gasteiger partial charge in [-0.05, 0) is 30.7 Å².